The second-order valence-electron chi connectivity index (χ2n) is 3.31. The average molecular weight is 292 g/mol. The fourth-order valence-corrected chi connectivity index (χ4v) is 1.98. The average Bonchev–Trinajstić information content (AvgIpc) is 1.98. The molecule has 0 atom stereocenters. The molecule has 0 radical (unpaired) electrons. The van der Waals surface area contributed by atoms with Crippen LogP contribution in [0, 0.1) is 5.92 Å². The molecule has 0 nitrogen and oxygen atoms in total. The summed E-state index contributed by atoms with van der Waals surface area (Å²) >= 11 is 7.05. The van der Waals surface area contributed by atoms with E-state index >= 15 is 0 Å². The van der Waals surface area contributed by atoms with Gasteiger partial charge in [0, 0.05) is 8.95 Å². The summed E-state index contributed by atoms with van der Waals surface area (Å²) < 4.78 is 2.33. The van der Waals surface area contributed by atoms with Gasteiger partial charge < -0.3 is 0 Å². The lowest BCUT2D eigenvalue weighted by molar-refractivity contribution is 0.645. The molecule has 1 aromatic carbocycles. The summed E-state index contributed by atoms with van der Waals surface area (Å²) in [5.74, 6) is 0.704. The first-order valence-corrected chi connectivity index (χ1v) is 5.62. The first-order valence-electron chi connectivity index (χ1n) is 4.04. The molecule has 1 rings (SSSR count). The fourth-order valence-electron chi connectivity index (χ4n) is 1.15. The molecule has 2 heteroatoms. The Kier molecular flexibility index (Phi) is 3.78. The molecule has 0 aliphatic rings. The molecule has 0 amide bonds. The van der Waals surface area contributed by atoms with Crippen LogP contribution in [0.5, 0.6) is 0 Å². The number of benzene rings is 1. The highest BCUT2D eigenvalue weighted by Gasteiger charge is 2.04. The summed E-state index contributed by atoms with van der Waals surface area (Å²) in [5, 5.41) is 0. The van der Waals surface area contributed by atoms with Gasteiger partial charge in [0.2, 0.25) is 0 Å². The molecule has 12 heavy (non-hydrogen) atoms. The van der Waals surface area contributed by atoms with Gasteiger partial charge >= 0.3 is 0 Å². The van der Waals surface area contributed by atoms with Crippen molar-refractivity contribution in [1.82, 2.24) is 0 Å². The van der Waals surface area contributed by atoms with Gasteiger partial charge in [-0.05, 0) is 55.8 Å². The number of halogens is 2. The zero-order valence-electron chi connectivity index (χ0n) is 7.27. The zero-order valence-corrected chi connectivity index (χ0v) is 10.4. The Balaban J connectivity index is 2.92. The molecule has 66 valence electrons. The van der Waals surface area contributed by atoms with Crippen molar-refractivity contribution < 1.29 is 0 Å². The Bertz CT molecular complexity index is 267. The van der Waals surface area contributed by atoms with Crippen molar-refractivity contribution in [3.05, 3.63) is 32.7 Å². The Morgan fingerprint density at radius 1 is 1.25 bits per heavy atom. The minimum Gasteiger partial charge on any atom is -0.0625 e. The van der Waals surface area contributed by atoms with Gasteiger partial charge in [0.15, 0.2) is 0 Å². The topological polar surface area (TPSA) is 0 Å². The number of hydrogen-bond acceptors (Lipinski definition) is 0. The fraction of sp³-hybridized carbons (Fsp3) is 0.400. The van der Waals surface area contributed by atoms with Crippen LogP contribution in [0.4, 0.5) is 0 Å². The third-order valence-corrected chi connectivity index (χ3v) is 3.79. The Morgan fingerprint density at radius 3 is 2.50 bits per heavy atom. The molecule has 0 saturated heterocycles. The second-order valence-corrected chi connectivity index (χ2v) is 4.96. The van der Waals surface area contributed by atoms with Gasteiger partial charge in [-0.1, -0.05) is 26.0 Å². The summed E-state index contributed by atoms with van der Waals surface area (Å²) in [7, 11) is 0. The first-order chi connectivity index (χ1) is 5.61. The van der Waals surface area contributed by atoms with Crippen LogP contribution in [-0.2, 0) is 6.42 Å². The van der Waals surface area contributed by atoms with E-state index < -0.39 is 0 Å². The van der Waals surface area contributed by atoms with Gasteiger partial charge in [-0.2, -0.15) is 0 Å². The van der Waals surface area contributed by atoms with E-state index in [1.807, 2.05) is 6.07 Å². The molecule has 0 bridgehead atoms. The minimum atomic E-state index is 0.704. The zero-order chi connectivity index (χ0) is 9.14. The maximum absolute atomic E-state index is 3.56. The van der Waals surface area contributed by atoms with Crippen molar-refractivity contribution in [2.45, 2.75) is 20.3 Å². The lowest BCUT2D eigenvalue weighted by Crippen LogP contribution is -1.94. The van der Waals surface area contributed by atoms with Crippen molar-refractivity contribution in [2.24, 2.45) is 5.92 Å². The summed E-state index contributed by atoms with van der Waals surface area (Å²) in [6.07, 6.45) is 1.13. The van der Waals surface area contributed by atoms with Gasteiger partial charge in [0.25, 0.3) is 0 Å². The van der Waals surface area contributed by atoms with Crippen LogP contribution in [0.15, 0.2) is 27.1 Å². The molecule has 0 aliphatic carbocycles. The van der Waals surface area contributed by atoms with Crippen LogP contribution in [-0.4, -0.2) is 0 Å². The Labute approximate surface area is 90.6 Å². The molecule has 0 spiro atoms. The summed E-state index contributed by atoms with van der Waals surface area (Å²) in [4.78, 5) is 0. The van der Waals surface area contributed by atoms with Gasteiger partial charge in [-0.15, -0.1) is 0 Å². The predicted molar refractivity (Wildman–Crippen MR) is 60.4 cm³/mol. The highest BCUT2D eigenvalue weighted by Crippen LogP contribution is 2.27. The summed E-state index contributed by atoms with van der Waals surface area (Å²) in [6.45, 7) is 4.46. The third-order valence-electron chi connectivity index (χ3n) is 1.66. The largest absolute Gasteiger partial charge is 0.0625 e. The molecular formula is C10H12Br2. The highest BCUT2D eigenvalue weighted by molar-refractivity contribution is 9.13. The van der Waals surface area contributed by atoms with Crippen molar-refractivity contribution in [3.8, 4) is 0 Å². The van der Waals surface area contributed by atoms with Gasteiger partial charge in [0.05, 0.1) is 0 Å². The smallest absolute Gasteiger partial charge is 0.0349 e. The quantitative estimate of drug-likeness (QED) is 0.757. The maximum Gasteiger partial charge on any atom is 0.0349 e. The van der Waals surface area contributed by atoms with Gasteiger partial charge in [-0.25, -0.2) is 0 Å². The molecule has 0 saturated carbocycles. The van der Waals surface area contributed by atoms with Crippen molar-refractivity contribution >= 4 is 31.9 Å². The highest BCUT2D eigenvalue weighted by atomic mass is 79.9. The van der Waals surface area contributed by atoms with E-state index in [-0.39, 0.29) is 0 Å². The number of hydrogen-bond donors (Lipinski definition) is 0. The van der Waals surface area contributed by atoms with E-state index in [0.29, 0.717) is 5.92 Å². The maximum atomic E-state index is 3.56. The third kappa shape index (κ3) is 2.60. The summed E-state index contributed by atoms with van der Waals surface area (Å²) in [5.41, 5.74) is 1.37. The van der Waals surface area contributed by atoms with Crippen LogP contribution in [0.3, 0.4) is 0 Å². The molecule has 0 aromatic heterocycles. The first kappa shape index (κ1) is 10.3. The SMILES string of the molecule is CC(C)Cc1cccc(Br)c1Br. The molecule has 0 fully saturated rings. The molecule has 0 aliphatic heterocycles. The lowest BCUT2D eigenvalue weighted by Gasteiger charge is -2.08. The van der Waals surface area contributed by atoms with Crippen LogP contribution < -0.4 is 0 Å². The Hall–Kier alpha value is 0.180. The van der Waals surface area contributed by atoms with E-state index in [1.165, 1.54) is 10.0 Å². The lowest BCUT2D eigenvalue weighted by atomic mass is 10.0. The van der Waals surface area contributed by atoms with E-state index in [9.17, 15) is 0 Å². The van der Waals surface area contributed by atoms with Crippen LogP contribution >= 0.6 is 31.9 Å². The monoisotopic (exact) mass is 290 g/mol. The normalized spacial score (nSPS) is 10.8. The van der Waals surface area contributed by atoms with Crippen LogP contribution in [0.1, 0.15) is 19.4 Å². The standard InChI is InChI=1S/C10H12Br2/c1-7(2)6-8-4-3-5-9(11)10(8)12/h3-5,7H,6H2,1-2H3. The van der Waals surface area contributed by atoms with Gasteiger partial charge in [0.1, 0.15) is 0 Å². The van der Waals surface area contributed by atoms with E-state index in [4.69, 9.17) is 0 Å². The summed E-state index contributed by atoms with van der Waals surface area (Å²) in [6, 6.07) is 6.29. The second kappa shape index (κ2) is 4.43. The van der Waals surface area contributed by atoms with Crippen molar-refractivity contribution in [1.29, 1.82) is 0 Å². The van der Waals surface area contributed by atoms with Crippen molar-refractivity contribution in [2.75, 3.05) is 0 Å². The minimum absolute atomic E-state index is 0.704. The van der Waals surface area contributed by atoms with Crippen LogP contribution in [0.2, 0.25) is 0 Å². The predicted octanol–water partition coefficient (Wildman–Crippen LogP) is 4.41. The molecule has 0 N–H and O–H groups in total. The van der Waals surface area contributed by atoms with Crippen LogP contribution in [0.25, 0.3) is 0 Å². The number of rotatable bonds is 2. The molecule has 0 unspecified atom stereocenters. The van der Waals surface area contributed by atoms with E-state index in [1.54, 1.807) is 0 Å². The van der Waals surface area contributed by atoms with Gasteiger partial charge in [-0.3, -0.25) is 0 Å². The Morgan fingerprint density at radius 2 is 1.92 bits per heavy atom. The molecular weight excluding hydrogens is 280 g/mol. The van der Waals surface area contributed by atoms with E-state index in [2.05, 4.69) is 57.8 Å². The van der Waals surface area contributed by atoms with E-state index in [0.717, 1.165) is 10.9 Å². The molecule has 1 aromatic rings. The van der Waals surface area contributed by atoms with Crippen molar-refractivity contribution in [3.63, 3.8) is 0 Å². The molecule has 0 heterocycles.